The number of likely N-dealkylation sites (N-methyl/N-ethyl adjacent to an activating group) is 1. The predicted molar refractivity (Wildman–Crippen MR) is 88.4 cm³/mol. The van der Waals surface area contributed by atoms with Crippen molar-refractivity contribution in [3.05, 3.63) is 28.2 Å². The fourth-order valence-electron chi connectivity index (χ4n) is 1.34. The number of hydrogen-bond acceptors (Lipinski definition) is 3. The van der Waals surface area contributed by atoms with Gasteiger partial charge in [0, 0.05) is 22.0 Å². The first-order valence-corrected chi connectivity index (χ1v) is 7.63. The van der Waals surface area contributed by atoms with Gasteiger partial charge in [0.25, 0.3) is 0 Å². The topological polar surface area (TPSA) is 41.1 Å². The Morgan fingerprint density at radius 1 is 1.47 bits per heavy atom. The molecule has 1 atom stereocenters. The van der Waals surface area contributed by atoms with Gasteiger partial charge in [0.2, 0.25) is 5.91 Å². The molecule has 0 aliphatic rings. The number of halogens is 2. The number of rotatable bonds is 6. The molecule has 0 heterocycles. The van der Waals surface area contributed by atoms with Crippen LogP contribution in [0.4, 0.5) is 0 Å². The molecule has 1 amide bonds. The van der Waals surface area contributed by atoms with E-state index in [1.165, 1.54) is 5.56 Å². The second-order valence-corrected chi connectivity index (χ2v) is 6.13. The van der Waals surface area contributed by atoms with Gasteiger partial charge in [0.1, 0.15) is 0 Å². The second kappa shape index (κ2) is 9.64. The maximum atomic E-state index is 11.6. The first kappa shape index (κ1) is 18.8. The number of benzene rings is 1. The van der Waals surface area contributed by atoms with Crippen molar-refractivity contribution in [2.24, 2.45) is 0 Å². The van der Waals surface area contributed by atoms with Crippen LogP contribution in [-0.4, -0.2) is 31.3 Å². The Balaban J connectivity index is 0.00000324. The number of carbonyl (C=O) groups excluding carboxylic acids is 1. The van der Waals surface area contributed by atoms with E-state index in [1.807, 2.05) is 33.0 Å². The van der Waals surface area contributed by atoms with Crippen LogP contribution < -0.4 is 10.6 Å². The Morgan fingerprint density at radius 2 is 2.16 bits per heavy atom. The lowest BCUT2D eigenvalue weighted by Crippen LogP contribution is -2.37. The van der Waals surface area contributed by atoms with Crippen molar-refractivity contribution < 1.29 is 4.79 Å². The molecule has 0 aliphatic heterocycles. The summed E-state index contributed by atoms with van der Waals surface area (Å²) >= 11 is 5.00. The van der Waals surface area contributed by atoms with Gasteiger partial charge in [-0.05, 0) is 44.7 Å². The summed E-state index contributed by atoms with van der Waals surface area (Å²) in [6.45, 7) is 4.75. The largest absolute Gasteiger partial charge is 0.354 e. The second-order valence-electron chi connectivity index (χ2n) is 4.19. The fourth-order valence-corrected chi connectivity index (χ4v) is 2.65. The van der Waals surface area contributed by atoms with Crippen LogP contribution in [0.1, 0.15) is 12.5 Å². The molecule has 2 N–H and O–H groups in total. The summed E-state index contributed by atoms with van der Waals surface area (Å²) in [5.74, 6) is 0.531. The smallest absolute Gasteiger partial charge is 0.230 e. The van der Waals surface area contributed by atoms with Crippen molar-refractivity contribution in [1.29, 1.82) is 0 Å². The van der Waals surface area contributed by atoms with Crippen LogP contribution in [0.15, 0.2) is 27.6 Å². The molecule has 1 aromatic rings. The standard InChI is InChI=1S/C13H19BrN2OS.ClH/c1-9-6-11(14)4-5-12(9)18-8-13(17)16-7-10(2)15-3;/h4-6,10,15H,7-8H2,1-3H3,(H,16,17);1H. The zero-order valence-corrected chi connectivity index (χ0v) is 14.5. The van der Waals surface area contributed by atoms with E-state index in [0.29, 0.717) is 18.3 Å². The van der Waals surface area contributed by atoms with E-state index in [0.717, 1.165) is 9.37 Å². The molecule has 19 heavy (non-hydrogen) atoms. The number of thioether (sulfide) groups is 1. The molecule has 3 nitrogen and oxygen atoms in total. The molecule has 1 aromatic carbocycles. The summed E-state index contributed by atoms with van der Waals surface area (Å²) in [6.07, 6.45) is 0. The van der Waals surface area contributed by atoms with Gasteiger partial charge < -0.3 is 10.6 Å². The molecule has 0 fully saturated rings. The molecular formula is C13H20BrClN2OS. The maximum Gasteiger partial charge on any atom is 0.230 e. The Kier molecular flexibility index (Phi) is 9.52. The summed E-state index contributed by atoms with van der Waals surface area (Å²) in [6, 6.07) is 6.39. The highest BCUT2D eigenvalue weighted by Crippen LogP contribution is 2.24. The average molecular weight is 368 g/mol. The molecule has 0 spiro atoms. The molecule has 1 unspecified atom stereocenters. The molecule has 0 bridgehead atoms. The van der Waals surface area contributed by atoms with Gasteiger partial charge in [0.15, 0.2) is 0 Å². The molecular weight excluding hydrogens is 348 g/mol. The van der Waals surface area contributed by atoms with E-state index in [4.69, 9.17) is 0 Å². The number of carbonyl (C=O) groups is 1. The lowest BCUT2D eigenvalue weighted by molar-refractivity contribution is -0.118. The van der Waals surface area contributed by atoms with Gasteiger partial charge in [-0.15, -0.1) is 24.2 Å². The molecule has 6 heteroatoms. The number of amides is 1. The van der Waals surface area contributed by atoms with Gasteiger partial charge in [-0.2, -0.15) is 0 Å². The van der Waals surface area contributed by atoms with Crippen LogP contribution in [0.5, 0.6) is 0 Å². The van der Waals surface area contributed by atoms with Gasteiger partial charge in [-0.1, -0.05) is 15.9 Å². The fraction of sp³-hybridized carbons (Fsp3) is 0.462. The quantitative estimate of drug-likeness (QED) is 0.759. The van der Waals surface area contributed by atoms with E-state index in [2.05, 4.69) is 32.6 Å². The Labute approximate surface area is 133 Å². The van der Waals surface area contributed by atoms with Crippen LogP contribution in [0.3, 0.4) is 0 Å². The first-order chi connectivity index (χ1) is 8.52. The summed E-state index contributed by atoms with van der Waals surface area (Å²) in [7, 11) is 1.89. The predicted octanol–water partition coefficient (Wildman–Crippen LogP) is 3.00. The Morgan fingerprint density at radius 3 is 2.74 bits per heavy atom. The van der Waals surface area contributed by atoms with Gasteiger partial charge in [-0.3, -0.25) is 4.79 Å². The summed E-state index contributed by atoms with van der Waals surface area (Å²) in [5.41, 5.74) is 1.19. The van der Waals surface area contributed by atoms with Crippen molar-refractivity contribution in [3.8, 4) is 0 Å². The molecule has 0 saturated carbocycles. The molecule has 0 radical (unpaired) electrons. The van der Waals surface area contributed by atoms with E-state index in [9.17, 15) is 4.79 Å². The molecule has 108 valence electrons. The van der Waals surface area contributed by atoms with E-state index >= 15 is 0 Å². The molecule has 1 rings (SSSR count). The number of aryl methyl sites for hydroxylation is 1. The van der Waals surface area contributed by atoms with E-state index in [-0.39, 0.29) is 18.3 Å². The minimum Gasteiger partial charge on any atom is -0.354 e. The lowest BCUT2D eigenvalue weighted by atomic mass is 10.2. The van der Waals surface area contributed by atoms with Crippen molar-refractivity contribution >= 4 is 46.0 Å². The number of hydrogen-bond donors (Lipinski definition) is 2. The Hall–Kier alpha value is -0.230. The van der Waals surface area contributed by atoms with Gasteiger partial charge in [0.05, 0.1) is 5.75 Å². The van der Waals surface area contributed by atoms with Crippen molar-refractivity contribution in [2.75, 3.05) is 19.3 Å². The Bertz CT molecular complexity index is 418. The third-order valence-electron chi connectivity index (χ3n) is 2.59. The van der Waals surface area contributed by atoms with Crippen LogP contribution in [-0.2, 0) is 4.79 Å². The SMILES string of the molecule is CNC(C)CNC(=O)CSc1ccc(Br)cc1C.Cl. The van der Waals surface area contributed by atoms with E-state index < -0.39 is 0 Å². The molecule has 0 saturated heterocycles. The minimum atomic E-state index is 0. The highest BCUT2D eigenvalue weighted by atomic mass is 79.9. The highest BCUT2D eigenvalue weighted by molar-refractivity contribution is 9.10. The van der Waals surface area contributed by atoms with Crippen molar-refractivity contribution in [1.82, 2.24) is 10.6 Å². The average Bonchev–Trinajstić information content (AvgIpc) is 2.34. The van der Waals surface area contributed by atoms with Gasteiger partial charge in [-0.25, -0.2) is 0 Å². The molecule has 0 aromatic heterocycles. The van der Waals surface area contributed by atoms with Crippen LogP contribution in [0.25, 0.3) is 0 Å². The lowest BCUT2D eigenvalue weighted by Gasteiger charge is -2.11. The summed E-state index contributed by atoms with van der Waals surface area (Å²) < 4.78 is 1.07. The van der Waals surface area contributed by atoms with Crippen LogP contribution in [0.2, 0.25) is 0 Å². The number of nitrogens with one attached hydrogen (secondary N) is 2. The first-order valence-electron chi connectivity index (χ1n) is 5.86. The van der Waals surface area contributed by atoms with Crippen molar-refractivity contribution in [3.63, 3.8) is 0 Å². The third kappa shape index (κ3) is 7.20. The third-order valence-corrected chi connectivity index (χ3v) is 4.26. The van der Waals surface area contributed by atoms with Crippen LogP contribution in [0, 0.1) is 6.92 Å². The van der Waals surface area contributed by atoms with E-state index in [1.54, 1.807) is 11.8 Å². The van der Waals surface area contributed by atoms with Gasteiger partial charge >= 0.3 is 0 Å². The van der Waals surface area contributed by atoms with Crippen LogP contribution >= 0.6 is 40.1 Å². The molecule has 0 aliphatic carbocycles. The summed E-state index contributed by atoms with van der Waals surface area (Å²) in [5, 5.41) is 5.99. The zero-order chi connectivity index (χ0) is 13.5. The minimum absolute atomic E-state index is 0. The normalized spacial score (nSPS) is 11.6. The zero-order valence-electron chi connectivity index (χ0n) is 11.3. The maximum absolute atomic E-state index is 11.6. The highest BCUT2D eigenvalue weighted by Gasteiger charge is 2.06. The monoisotopic (exact) mass is 366 g/mol. The van der Waals surface area contributed by atoms with Crippen molar-refractivity contribution in [2.45, 2.75) is 24.8 Å². The summed E-state index contributed by atoms with van der Waals surface area (Å²) in [4.78, 5) is 12.8.